The van der Waals surface area contributed by atoms with E-state index < -0.39 is 18.0 Å². The van der Waals surface area contributed by atoms with Crippen LogP contribution in [0.5, 0.6) is 0 Å². The molecule has 1 amide bonds. The first-order chi connectivity index (χ1) is 19.1. The molecule has 3 rings (SSSR count). The van der Waals surface area contributed by atoms with Crippen molar-refractivity contribution in [3.63, 3.8) is 0 Å². The Kier molecular flexibility index (Phi) is 20.1. The van der Waals surface area contributed by atoms with E-state index >= 15 is 0 Å². The summed E-state index contributed by atoms with van der Waals surface area (Å²) in [5.41, 5.74) is 19.1. The number of nitrogens with one attached hydrogen (secondary N) is 1. The Labute approximate surface area is 235 Å². The first kappa shape index (κ1) is 35.6. The van der Waals surface area contributed by atoms with Crippen LogP contribution in [0.15, 0.2) is 84.9 Å². The highest BCUT2D eigenvalue weighted by molar-refractivity contribution is 5.89. The van der Waals surface area contributed by atoms with Gasteiger partial charge < -0.3 is 32.7 Å². The third-order valence-corrected chi connectivity index (χ3v) is 4.88. The zero-order valence-corrected chi connectivity index (χ0v) is 22.7. The highest BCUT2D eigenvalue weighted by Crippen LogP contribution is 2.07. The lowest BCUT2D eigenvalue weighted by Crippen LogP contribution is -2.30. The number of benzene rings is 3. The quantitative estimate of drug-likeness (QED) is 0.205. The topological polar surface area (TPSA) is 199 Å². The number of carbonyl (C=O) groups excluding carboxylic acids is 2. The normalized spacial score (nSPS) is 10.1. The first-order valence-corrected chi connectivity index (χ1v) is 12.6. The Morgan fingerprint density at radius 1 is 0.825 bits per heavy atom. The third-order valence-electron chi connectivity index (χ3n) is 4.88. The molecule has 0 aliphatic heterocycles. The van der Waals surface area contributed by atoms with Gasteiger partial charge in [-0.1, -0.05) is 60.7 Å². The van der Waals surface area contributed by atoms with Crippen LogP contribution in [0.3, 0.4) is 0 Å². The van der Waals surface area contributed by atoms with Gasteiger partial charge in [0, 0.05) is 18.2 Å². The molecule has 9 N–H and O–H groups in total. The van der Waals surface area contributed by atoms with Gasteiger partial charge in [0.1, 0.15) is 12.3 Å². The van der Waals surface area contributed by atoms with Gasteiger partial charge in [0.05, 0.1) is 6.42 Å². The van der Waals surface area contributed by atoms with Crippen LogP contribution in [0, 0.1) is 0 Å². The third kappa shape index (κ3) is 19.7. The van der Waals surface area contributed by atoms with Gasteiger partial charge in [0.2, 0.25) is 5.91 Å². The molecule has 3 aromatic carbocycles. The van der Waals surface area contributed by atoms with E-state index in [-0.39, 0.29) is 12.3 Å². The average molecular weight is 553 g/mol. The first-order valence-electron chi connectivity index (χ1n) is 12.6. The van der Waals surface area contributed by atoms with E-state index in [4.69, 9.17) is 27.4 Å². The zero-order valence-electron chi connectivity index (χ0n) is 22.7. The highest BCUT2D eigenvalue weighted by Gasteiger charge is 2.08. The summed E-state index contributed by atoms with van der Waals surface area (Å²) in [5, 5.41) is 19.2. The van der Waals surface area contributed by atoms with Crippen LogP contribution in [0.1, 0.15) is 41.3 Å². The van der Waals surface area contributed by atoms with Crippen LogP contribution < -0.4 is 22.5 Å². The number of carbonyl (C=O) groups is 4. The van der Waals surface area contributed by atoms with Gasteiger partial charge in [0.15, 0.2) is 0 Å². The van der Waals surface area contributed by atoms with Crippen molar-refractivity contribution in [3.05, 3.63) is 102 Å². The molecular formula is C30H40N4O6. The summed E-state index contributed by atoms with van der Waals surface area (Å²) < 4.78 is 0. The Balaban J connectivity index is 0.000000511. The van der Waals surface area contributed by atoms with Crippen molar-refractivity contribution in [2.45, 2.75) is 38.6 Å². The number of hydrogen-bond acceptors (Lipinski definition) is 7. The van der Waals surface area contributed by atoms with E-state index in [0.717, 1.165) is 24.8 Å². The van der Waals surface area contributed by atoms with Crippen molar-refractivity contribution >= 4 is 29.8 Å². The van der Waals surface area contributed by atoms with E-state index in [9.17, 15) is 19.2 Å². The number of rotatable bonds is 10. The van der Waals surface area contributed by atoms with Gasteiger partial charge in [-0.2, -0.15) is 0 Å². The predicted octanol–water partition coefficient (Wildman–Crippen LogP) is 3.10. The molecule has 0 aromatic heterocycles. The predicted molar refractivity (Wildman–Crippen MR) is 157 cm³/mol. The zero-order chi connectivity index (χ0) is 30.2. The summed E-state index contributed by atoms with van der Waals surface area (Å²) in [4.78, 5) is 41.0. The molecule has 0 aliphatic carbocycles. The molecule has 0 unspecified atom stereocenters. The number of aldehydes is 1. The second-order valence-corrected chi connectivity index (χ2v) is 8.38. The van der Waals surface area contributed by atoms with Crippen LogP contribution in [0.25, 0.3) is 0 Å². The maximum absolute atomic E-state index is 10.6. The van der Waals surface area contributed by atoms with E-state index in [1.54, 1.807) is 36.4 Å². The van der Waals surface area contributed by atoms with E-state index in [1.165, 1.54) is 12.5 Å². The fraction of sp³-hybridized carbons (Fsp3) is 0.267. The van der Waals surface area contributed by atoms with Crippen LogP contribution in [0.2, 0.25) is 0 Å². The maximum Gasteiger partial charge on any atom is 0.320 e. The minimum Gasteiger partial charge on any atom is -0.481 e. The Morgan fingerprint density at radius 3 is 1.75 bits per heavy atom. The molecule has 0 aliphatic rings. The molecule has 0 radical (unpaired) electrons. The molecule has 0 fully saturated rings. The van der Waals surface area contributed by atoms with Gasteiger partial charge in [-0.25, -0.2) is 0 Å². The summed E-state index contributed by atoms with van der Waals surface area (Å²) in [6.07, 6.45) is 3.00. The smallest absolute Gasteiger partial charge is 0.320 e. The van der Waals surface area contributed by atoms with Crippen molar-refractivity contribution in [3.8, 4) is 0 Å². The second-order valence-electron chi connectivity index (χ2n) is 8.38. The van der Waals surface area contributed by atoms with Gasteiger partial charge in [-0.05, 0) is 67.7 Å². The van der Waals surface area contributed by atoms with E-state index in [2.05, 4.69) is 17.4 Å². The molecular weight excluding hydrogens is 512 g/mol. The standard InChI is InChI=1S/C9H9NO2.C8H11N.C8H8O2.C5H12N2O2/c1-7(12)10-9-4-2-8(6-11)3-5-9;9-7-6-8-4-2-1-3-5-8;9-8(10)6-7-4-2-1-3-5-7;6-3-1-2-4(7)5(8)9/h2-6H,1H3,(H,10,12);1-5H,6-7,9H2;1-5H,6H2,(H,9,10);4H,1-3,6-7H2,(H,8,9)/t;;;4-/m...0/s1. The fourth-order valence-electron chi connectivity index (χ4n) is 2.89. The Bertz CT molecular complexity index is 1110. The number of anilines is 1. The Hall–Kier alpha value is -4.38. The van der Waals surface area contributed by atoms with E-state index in [1.807, 2.05) is 36.4 Å². The molecule has 0 saturated heterocycles. The summed E-state index contributed by atoms with van der Waals surface area (Å²) in [6.45, 7) is 2.68. The van der Waals surface area contributed by atoms with E-state index in [0.29, 0.717) is 30.6 Å². The minimum absolute atomic E-state index is 0.112. The summed E-state index contributed by atoms with van der Waals surface area (Å²) in [7, 11) is 0. The number of carboxylic acid groups (broad SMARTS) is 2. The van der Waals surface area contributed by atoms with Crippen LogP contribution in [0.4, 0.5) is 5.69 Å². The van der Waals surface area contributed by atoms with Gasteiger partial charge >= 0.3 is 11.9 Å². The largest absolute Gasteiger partial charge is 0.481 e. The summed E-state index contributed by atoms with van der Waals surface area (Å²) in [6, 6.07) is 25.3. The van der Waals surface area contributed by atoms with Gasteiger partial charge in [-0.15, -0.1) is 0 Å². The van der Waals surface area contributed by atoms with Gasteiger partial charge in [0.25, 0.3) is 0 Å². The molecule has 0 spiro atoms. The lowest BCUT2D eigenvalue weighted by Gasteiger charge is -2.02. The molecule has 0 saturated carbocycles. The lowest BCUT2D eigenvalue weighted by molar-refractivity contribution is -0.139. The SMILES string of the molecule is CC(=O)Nc1ccc(C=O)cc1.NCCC[C@H](N)C(=O)O.NCCc1ccccc1.O=C(O)Cc1ccccc1. The lowest BCUT2D eigenvalue weighted by atomic mass is 10.2. The minimum atomic E-state index is -0.955. The van der Waals surface area contributed by atoms with Crippen LogP contribution >= 0.6 is 0 Å². The maximum atomic E-state index is 10.6. The molecule has 40 heavy (non-hydrogen) atoms. The van der Waals surface area contributed by atoms with Gasteiger partial charge in [-0.3, -0.25) is 19.2 Å². The van der Waals surface area contributed by atoms with Crippen molar-refractivity contribution < 1.29 is 29.4 Å². The number of amides is 1. The number of hydrogen-bond donors (Lipinski definition) is 6. The van der Waals surface area contributed by atoms with Crippen molar-refractivity contribution in [2.24, 2.45) is 17.2 Å². The average Bonchev–Trinajstić information content (AvgIpc) is 2.94. The van der Waals surface area contributed by atoms with Crippen molar-refractivity contribution in [2.75, 3.05) is 18.4 Å². The monoisotopic (exact) mass is 552 g/mol. The number of carboxylic acids is 2. The fourth-order valence-corrected chi connectivity index (χ4v) is 2.89. The van der Waals surface area contributed by atoms with Crippen molar-refractivity contribution in [1.82, 2.24) is 0 Å². The van der Waals surface area contributed by atoms with Crippen LogP contribution in [-0.4, -0.2) is 53.5 Å². The molecule has 3 aromatic rings. The Morgan fingerprint density at radius 2 is 1.35 bits per heavy atom. The molecule has 216 valence electrons. The number of nitrogens with two attached hydrogens (primary N) is 3. The molecule has 1 atom stereocenters. The highest BCUT2D eigenvalue weighted by atomic mass is 16.4. The molecule has 10 heteroatoms. The summed E-state index contributed by atoms with van der Waals surface area (Å²) in [5.74, 6) is -1.86. The summed E-state index contributed by atoms with van der Waals surface area (Å²) >= 11 is 0. The second kappa shape index (κ2) is 22.6. The molecule has 10 nitrogen and oxygen atoms in total. The number of aliphatic carboxylic acids is 2. The molecule has 0 bridgehead atoms. The van der Waals surface area contributed by atoms with Crippen molar-refractivity contribution in [1.29, 1.82) is 0 Å². The molecule has 0 heterocycles. The van der Waals surface area contributed by atoms with Crippen LogP contribution in [-0.2, 0) is 27.2 Å².